The zero-order valence-corrected chi connectivity index (χ0v) is 14.5. The Bertz CT molecular complexity index is 787. The molecule has 0 aliphatic heterocycles. The van der Waals surface area contributed by atoms with Crippen molar-refractivity contribution in [1.82, 2.24) is 0 Å². The highest BCUT2D eigenvalue weighted by Gasteiger charge is 2.21. The summed E-state index contributed by atoms with van der Waals surface area (Å²) in [5, 5.41) is 9.09. The van der Waals surface area contributed by atoms with E-state index in [9.17, 15) is 12.8 Å². The predicted molar refractivity (Wildman–Crippen MR) is 84.6 cm³/mol. The first-order valence-electron chi connectivity index (χ1n) is 5.93. The van der Waals surface area contributed by atoms with E-state index in [1.54, 1.807) is 13.8 Å². The Balaban J connectivity index is 2.42. The van der Waals surface area contributed by atoms with Crippen molar-refractivity contribution in [3.63, 3.8) is 0 Å². The van der Waals surface area contributed by atoms with Gasteiger partial charge in [-0.05, 0) is 53.5 Å². The van der Waals surface area contributed by atoms with Crippen LogP contribution in [0.2, 0.25) is 0 Å². The first-order chi connectivity index (χ1) is 9.74. The number of aliphatic hydroxyl groups is 1. The highest BCUT2D eigenvalue weighted by Crippen LogP contribution is 2.30. The summed E-state index contributed by atoms with van der Waals surface area (Å²) in [5.74, 6) is -0.454. The number of halogens is 2. The maximum atomic E-state index is 13.4. The Kier molecular flexibility index (Phi) is 4.72. The molecule has 0 bridgehead atoms. The number of thiophene rings is 1. The molecule has 8 heteroatoms. The van der Waals surface area contributed by atoms with Crippen LogP contribution in [0.25, 0.3) is 0 Å². The monoisotopic (exact) mass is 393 g/mol. The number of aliphatic hydroxyl groups excluding tert-OH is 1. The molecule has 0 aliphatic rings. The Hall–Kier alpha value is -0.960. The molecule has 0 radical (unpaired) electrons. The smallest absolute Gasteiger partial charge is 0.263 e. The van der Waals surface area contributed by atoms with Crippen LogP contribution in [0, 0.1) is 19.7 Å². The van der Waals surface area contributed by atoms with Gasteiger partial charge in [-0.15, -0.1) is 11.3 Å². The molecule has 0 fully saturated rings. The Labute approximate surface area is 134 Å². The second kappa shape index (κ2) is 6.04. The lowest BCUT2D eigenvalue weighted by Gasteiger charge is -2.11. The van der Waals surface area contributed by atoms with E-state index in [-0.39, 0.29) is 16.0 Å². The summed E-state index contributed by atoms with van der Waals surface area (Å²) < 4.78 is 40.8. The minimum absolute atomic E-state index is 0.122. The average molecular weight is 394 g/mol. The topological polar surface area (TPSA) is 66.4 Å². The lowest BCUT2D eigenvalue weighted by Crippen LogP contribution is -2.14. The van der Waals surface area contributed by atoms with E-state index >= 15 is 0 Å². The zero-order chi connectivity index (χ0) is 15.8. The lowest BCUT2D eigenvalue weighted by molar-refractivity contribution is 0.285. The molecule has 1 heterocycles. The Morgan fingerprint density at radius 2 is 2.00 bits per heavy atom. The first kappa shape index (κ1) is 16.4. The van der Waals surface area contributed by atoms with Crippen LogP contribution in [-0.4, -0.2) is 13.5 Å². The van der Waals surface area contributed by atoms with E-state index in [1.165, 1.54) is 29.5 Å². The summed E-state index contributed by atoms with van der Waals surface area (Å²) >= 11 is 4.26. The summed E-state index contributed by atoms with van der Waals surface area (Å²) in [6, 6.07) is 4.08. The molecule has 0 amide bonds. The van der Waals surface area contributed by atoms with Crippen LogP contribution in [0.1, 0.15) is 15.3 Å². The van der Waals surface area contributed by atoms with Gasteiger partial charge in [-0.1, -0.05) is 0 Å². The number of hydrogen-bond acceptors (Lipinski definition) is 4. The third kappa shape index (κ3) is 3.45. The molecule has 1 aromatic heterocycles. The van der Waals surface area contributed by atoms with Gasteiger partial charge in [-0.2, -0.15) is 0 Å². The first-order valence-corrected chi connectivity index (χ1v) is 9.02. The molecule has 0 spiro atoms. The molecule has 1 aromatic carbocycles. The summed E-state index contributed by atoms with van der Waals surface area (Å²) in [4.78, 5) is 1.28. The minimum atomic E-state index is -3.78. The molecule has 0 unspecified atom stereocenters. The summed E-state index contributed by atoms with van der Waals surface area (Å²) in [7, 11) is -3.78. The van der Waals surface area contributed by atoms with E-state index < -0.39 is 15.8 Å². The van der Waals surface area contributed by atoms with Crippen molar-refractivity contribution in [3.8, 4) is 0 Å². The highest BCUT2D eigenvalue weighted by molar-refractivity contribution is 9.10. The largest absolute Gasteiger partial charge is 0.391 e. The van der Waals surface area contributed by atoms with Crippen molar-refractivity contribution in [2.24, 2.45) is 0 Å². The molecule has 4 nitrogen and oxygen atoms in total. The van der Waals surface area contributed by atoms with E-state index in [2.05, 4.69) is 20.7 Å². The third-order valence-corrected chi connectivity index (χ3v) is 6.14. The summed E-state index contributed by atoms with van der Waals surface area (Å²) in [5.41, 5.74) is 0.786. The van der Waals surface area contributed by atoms with Crippen molar-refractivity contribution >= 4 is 43.0 Å². The molecule has 0 saturated heterocycles. The molecule has 21 heavy (non-hydrogen) atoms. The van der Waals surface area contributed by atoms with Crippen molar-refractivity contribution in [1.29, 1.82) is 0 Å². The summed E-state index contributed by atoms with van der Waals surface area (Å²) in [6.07, 6.45) is 0. The van der Waals surface area contributed by atoms with Gasteiger partial charge in [0.1, 0.15) is 10.7 Å². The number of aryl methyl sites for hydroxylation is 2. The van der Waals surface area contributed by atoms with Crippen LogP contribution < -0.4 is 4.72 Å². The molecule has 0 saturated carbocycles. The molecule has 2 aromatic rings. The van der Waals surface area contributed by atoms with Gasteiger partial charge >= 0.3 is 0 Å². The number of rotatable bonds is 4. The molecular weight excluding hydrogens is 381 g/mol. The van der Waals surface area contributed by atoms with Crippen LogP contribution in [0.5, 0.6) is 0 Å². The van der Waals surface area contributed by atoms with Crippen molar-refractivity contribution in [2.45, 2.75) is 25.3 Å². The van der Waals surface area contributed by atoms with Crippen LogP contribution in [0.3, 0.4) is 0 Å². The van der Waals surface area contributed by atoms with Gasteiger partial charge in [0.15, 0.2) is 0 Å². The van der Waals surface area contributed by atoms with Crippen molar-refractivity contribution < 1.29 is 17.9 Å². The van der Waals surface area contributed by atoms with Crippen LogP contribution in [-0.2, 0) is 16.6 Å². The van der Waals surface area contributed by atoms with Crippen LogP contribution in [0.15, 0.2) is 27.6 Å². The van der Waals surface area contributed by atoms with Gasteiger partial charge in [0.25, 0.3) is 10.0 Å². The molecule has 2 N–H and O–H groups in total. The molecule has 2 rings (SSSR count). The fourth-order valence-electron chi connectivity index (χ4n) is 1.82. The summed E-state index contributed by atoms with van der Waals surface area (Å²) in [6.45, 7) is 3.08. The van der Waals surface area contributed by atoms with Gasteiger partial charge in [0, 0.05) is 9.75 Å². The normalized spacial score (nSPS) is 11.7. The number of sulfonamides is 1. The molecule has 0 aliphatic carbocycles. The maximum absolute atomic E-state index is 13.4. The van der Waals surface area contributed by atoms with Gasteiger partial charge in [0.05, 0.1) is 16.8 Å². The predicted octanol–water partition coefficient (Wildman–Crippen LogP) is 3.56. The Morgan fingerprint density at radius 3 is 2.57 bits per heavy atom. The highest BCUT2D eigenvalue weighted by atomic mass is 79.9. The van der Waals surface area contributed by atoms with Crippen LogP contribution >= 0.6 is 27.3 Å². The lowest BCUT2D eigenvalue weighted by atomic mass is 10.2. The van der Waals surface area contributed by atoms with E-state index in [0.717, 1.165) is 0 Å². The van der Waals surface area contributed by atoms with Gasteiger partial charge in [-0.25, -0.2) is 12.8 Å². The number of hydrogen-bond donors (Lipinski definition) is 2. The van der Waals surface area contributed by atoms with Crippen molar-refractivity contribution in [2.75, 3.05) is 4.72 Å². The quantitative estimate of drug-likeness (QED) is 0.834. The number of anilines is 1. The second-order valence-electron chi connectivity index (χ2n) is 4.48. The number of benzene rings is 1. The SMILES string of the molecule is Cc1cc(F)c(Br)cc1NS(=O)(=O)c1cc(CO)sc1C. The molecule has 0 atom stereocenters. The fraction of sp³-hybridized carbons (Fsp3) is 0.231. The maximum Gasteiger partial charge on any atom is 0.263 e. The van der Waals surface area contributed by atoms with Gasteiger partial charge in [-0.3, -0.25) is 4.72 Å². The second-order valence-corrected chi connectivity index (χ2v) is 8.32. The van der Waals surface area contributed by atoms with E-state index in [1.807, 2.05) is 0 Å². The minimum Gasteiger partial charge on any atom is -0.391 e. The molecular formula is C13H13BrFNO3S2. The molecule has 114 valence electrons. The number of nitrogens with one attached hydrogen (secondary N) is 1. The van der Waals surface area contributed by atoms with Gasteiger partial charge in [0.2, 0.25) is 0 Å². The fourth-order valence-corrected chi connectivity index (χ4v) is 4.79. The Morgan fingerprint density at radius 1 is 1.33 bits per heavy atom. The van der Waals surface area contributed by atoms with E-state index in [4.69, 9.17) is 5.11 Å². The average Bonchev–Trinajstić information content (AvgIpc) is 2.78. The zero-order valence-electron chi connectivity index (χ0n) is 11.3. The standard InChI is InChI=1S/C13H13BrFNO3S2/c1-7-3-11(15)10(14)5-12(7)16-21(18,19)13-4-9(6-17)20-8(13)2/h3-5,16-17H,6H2,1-2H3. The van der Waals surface area contributed by atoms with Crippen LogP contribution in [0.4, 0.5) is 10.1 Å². The van der Waals surface area contributed by atoms with Gasteiger partial charge < -0.3 is 5.11 Å². The third-order valence-electron chi connectivity index (χ3n) is 2.88. The van der Waals surface area contributed by atoms with Crippen molar-refractivity contribution in [3.05, 3.63) is 43.8 Å². The van der Waals surface area contributed by atoms with E-state index in [0.29, 0.717) is 21.0 Å².